The Morgan fingerprint density at radius 2 is 1.78 bits per heavy atom. The first-order valence-corrected chi connectivity index (χ1v) is 12.2. The first-order chi connectivity index (χ1) is 15.3. The molecule has 0 spiro atoms. The number of rotatable bonds is 8. The molecule has 0 aliphatic heterocycles. The molecule has 1 N–H and O–H groups in total. The van der Waals surface area contributed by atoms with Gasteiger partial charge in [-0.1, -0.05) is 37.3 Å². The van der Waals surface area contributed by atoms with Crippen molar-refractivity contribution in [3.63, 3.8) is 0 Å². The molecule has 5 aliphatic rings. The molecule has 2 unspecified atom stereocenters. The van der Waals surface area contributed by atoms with E-state index in [0.717, 1.165) is 44.9 Å². The Hall–Kier alpha value is -2.14. The van der Waals surface area contributed by atoms with E-state index >= 15 is 0 Å². The van der Waals surface area contributed by atoms with Crippen LogP contribution in [0.15, 0.2) is 42.1 Å². The number of hydrogen-bond donors (Lipinski definition) is 1. The van der Waals surface area contributed by atoms with E-state index in [9.17, 15) is 9.59 Å². The van der Waals surface area contributed by atoms with E-state index in [4.69, 9.17) is 4.74 Å². The molecule has 1 aromatic carbocycles. The molecule has 5 aliphatic carbocycles. The third kappa shape index (κ3) is 4.12. The second-order valence-electron chi connectivity index (χ2n) is 11.3. The largest absolute Gasteiger partial charge is 0.383 e. The number of ether oxygens (including phenoxy) is 1. The molecular weight excluding hydrogens is 400 g/mol. The second kappa shape index (κ2) is 8.02. The molecule has 0 saturated heterocycles. The monoisotopic (exact) mass is 438 g/mol. The lowest BCUT2D eigenvalue weighted by Gasteiger charge is -2.59. The molecule has 0 radical (unpaired) electrons. The molecule has 1 aromatic rings. The van der Waals surface area contributed by atoms with Gasteiger partial charge in [0.2, 0.25) is 0 Å². The standard InChI is InChI=1S/C27H36N2O3.H2/c1-26(9-10-26)24(30)22(16-29(2)3)25(31)28-23-20-11-19-12-21(23)15-27(13-19,14-20)32-17-18-7-5-4-6-8-18;/h4-8,16,19-21,23H,9-15,17H2,1-3H3,(H,28,31);1H/b22-16-;. The van der Waals surface area contributed by atoms with Crippen molar-refractivity contribution >= 4 is 11.7 Å². The van der Waals surface area contributed by atoms with Gasteiger partial charge in [0.05, 0.1) is 17.8 Å². The van der Waals surface area contributed by atoms with Crippen molar-refractivity contribution in [3.8, 4) is 0 Å². The van der Waals surface area contributed by atoms with Gasteiger partial charge in [-0.25, -0.2) is 0 Å². The molecule has 4 bridgehead atoms. The Labute approximate surface area is 193 Å². The third-order valence-corrected chi connectivity index (χ3v) is 8.33. The summed E-state index contributed by atoms with van der Waals surface area (Å²) >= 11 is 0. The highest BCUT2D eigenvalue weighted by Gasteiger charge is 2.57. The highest BCUT2D eigenvalue weighted by Crippen LogP contribution is 2.57. The fraction of sp³-hybridized carbons (Fsp3) is 0.630. The number of nitrogens with one attached hydrogen (secondary N) is 1. The molecule has 1 amide bonds. The Morgan fingerprint density at radius 3 is 2.38 bits per heavy atom. The Bertz CT molecular complexity index is 909. The smallest absolute Gasteiger partial charge is 0.256 e. The molecule has 0 heterocycles. The molecular formula is C27H38N2O3. The zero-order chi connectivity index (χ0) is 22.5. The summed E-state index contributed by atoms with van der Waals surface area (Å²) in [4.78, 5) is 28.2. The van der Waals surface area contributed by atoms with Crippen LogP contribution in [-0.4, -0.2) is 42.3 Å². The Morgan fingerprint density at radius 1 is 1.12 bits per heavy atom. The first kappa shape index (κ1) is 21.7. The molecule has 2 atom stereocenters. The maximum atomic E-state index is 13.3. The molecule has 174 valence electrons. The number of hydrogen-bond acceptors (Lipinski definition) is 4. The molecule has 5 saturated carbocycles. The second-order valence-corrected chi connectivity index (χ2v) is 11.3. The molecule has 0 aromatic heterocycles. The van der Waals surface area contributed by atoms with Crippen LogP contribution < -0.4 is 5.32 Å². The number of carbonyl (C=O) groups excluding carboxylic acids is 2. The zero-order valence-corrected chi connectivity index (χ0v) is 19.6. The van der Waals surface area contributed by atoms with E-state index in [1.54, 1.807) is 6.20 Å². The predicted octanol–water partition coefficient (Wildman–Crippen LogP) is 4.33. The number of amides is 1. The van der Waals surface area contributed by atoms with E-state index in [0.29, 0.717) is 29.9 Å². The van der Waals surface area contributed by atoms with Crippen LogP contribution in [0.3, 0.4) is 0 Å². The van der Waals surface area contributed by atoms with Crippen LogP contribution in [-0.2, 0) is 20.9 Å². The van der Waals surface area contributed by atoms with Crippen molar-refractivity contribution in [2.24, 2.45) is 23.2 Å². The summed E-state index contributed by atoms with van der Waals surface area (Å²) in [5, 5.41) is 3.33. The summed E-state index contributed by atoms with van der Waals surface area (Å²) < 4.78 is 6.59. The first-order valence-electron chi connectivity index (χ1n) is 12.2. The number of ketones is 1. The van der Waals surface area contributed by atoms with Crippen molar-refractivity contribution in [2.75, 3.05) is 14.1 Å². The summed E-state index contributed by atoms with van der Waals surface area (Å²) in [7, 11) is 3.74. The van der Waals surface area contributed by atoms with Crippen LogP contribution in [0, 0.1) is 23.2 Å². The van der Waals surface area contributed by atoms with Gasteiger partial charge < -0.3 is 15.0 Å². The molecule has 5 fully saturated rings. The van der Waals surface area contributed by atoms with Gasteiger partial charge in [0.15, 0.2) is 5.78 Å². The van der Waals surface area contributed by atoms with Crippen LogP contribution in [0.1, 0.15) is 58.9 Å². The van der Waals surface area contributed by atoms with E-state index in [2.05, 4.69) is 29.6 Å². The lowest BCUT2D eigenvalue weighted by molar-refractivity contribution is -0.179. The van der Waals surface area contributed by atoms with Gasteiger partial charge in [0, 0.05) is 33.2 Å². The minimum absolute atomic E-state index is 0. The summed E-state index contributed by atoms with van der Waals surface area (Å²) in [6.07, 6.45) is 8.96. The lowest BCUT2D eigenvalue weighted by Crippen LogP contribution is -2.62. The van der Waals surface area contributed by atoms with Gasteiger partial charge in [-0.2, -0.15) is 0 Å². The van der Waals surface area contributed by atoms with Crippen molar-refractivity contribution < 1.29 is 15.8 Å². The SMILES string of the molecule is CN(C)/C=C(\C(=O)NC1C2CC3CC1CC(OCc1ccccc1)(C3)C2)C(=O)C1(C)CC1.[HH]. The summed E-state index contributed by atoms with van der Waals surface area (Å²) in [6, 6.07) is 10.6. The van der Waals surface area contributed by atoms with Crippen LogP contribution in [0.2, 0.25) is 0 Å². The van der Waals surface area contributed by atoms with Gasteiger partial charge in [-0.05, 0) is 68.3 Å². The topological polar surface area (TPSA) is 58.6 Å². The van der Waals surface area contributed by atoms with Crippen LogP contribution >= 0.6 is 0 Å². The van der Waals surface area contributed by atoms with E-state index in [1.807, 2.05) is 32.0 Å². The fourth-order valence-electron chi connectivity index (χ4n) is 6.62. The number of carbonyl (C=O) groups is 2. The van der Waals surface area contributed by atoms with Gasteiger partial charge in [0.25, 0.3) is 5.91 Å². The van der Waals surface area contributed by atoms with Crippen LogP contribution in [0.5, 0.6) is 0 Å². The van der Waals surface area contributed by atoms with Gasteiger partial charge >= 0.3 is 0 Å². The third-order valence-electron chi connectivity index (χ3n) is 8.33. The molecule has 5 heteroatoms. The molecule has 6 rings (SSSR count). The zero-order valence-electron chi connectivity index (χ0n) is 19.6. The summed E-state index contributed by atoms with van der Waals surface area (Å²) in [5.41, 5.74) is 1.14. The van der Waals surface area contributed by atoms with Gasteiger partial charge in [-0.15, -0.1) is 0 Å². The van der Waals surface area contributed by atoms with E-state index in [1.165, 1.54) is 5.56 Å². The number of Topliss-reactive ketones (excluding diaryl/α,β-unsaturated/α-hetero) is 1. The average Bonchev–Trinajstić information content (AvgIpc) is 3.51. The van der Waals surface area contributed by atoms with Crippen molar-refractivity contribution in [1.29, 1.82) is 0 Å². The minimum Gasteiger partial charge on any atom is -0.383 e. The maximum Gasteiger partial charge on any atom is 0.256 e. The average molecular weight is 439 g/mol. The summed E-state index contributed by atoms with van der Waals surface area (Å²) in [5.74, 6) is 1.38. The highest BCUT2D eigenvalue weighted by atomic mass is 16.5. The Kier molecular flexibility index (Phi) is 5.43. The fourth-order valence-corrected chi connectivity index (χ4v) is 6.62. The predicted molar refractivity (Wildman–Crippen MR) is 126 cm³/mol. The Balaban J connectivity index is 0.00000259. The molecule has 5 nitrogen and oxygen atoms in total. The van der Waals surface area contributed by atoms with Crippen LogP contribution in [0.4, 0.5) is 0 Å². The maximum absolute atomic E-state index is 13.3. The van der Waals surface area contributed by atoms with E-state index < -0.39 is 0 Å². The quantitative estimate of drug-likeness (QED) is 0.373. The molecule has 32 heavy (non-hydrogen) atoms. The van der Waals surface area contributed by atoms with Crippen molar-refractivity contribution in [2.45, 2.75) is 70.1 Å². The summed E-state index contributed by atoms with van der Waals surface area (Å²) in [6.45, 7) is 2.63. The number of nitrogens with zero attached hydrogens (tertiary/aromatic N) is 1. The highest BCUT2D eigenvalue weighted by molar-refractivity contribution is 6.21. The van der Waals surface area contributed by atoms with E-state index in [-0.39, 0.29) is 30.2 Å². The lowest BCUT2D eigenvalue weighted by atomic mass is 9.52. The normalized spacial score (nSPS) is 34.3. The van der Waals surface area contributed by atoms with Gasteiger partial charge in [0.1, 0.15) is 0 Å². The van der Waals surface area contributed by atoms with Crippen LogP contribution in [0.25, 0.3) is 0 Å². The number of benzene rings is 1. The van der Waals surface area contributed by atoms with Crippen molar-refractivity contribution in [3.05, 3.63) is 47.7 Å². The minimum atomic E-state index is -0.349. The van der Waals surface area contributed by atoms with Gasteiger partial charge in [-0.3, -0.25) is 9.59 Å². The van der Waals surface area contributed by atoms with Crippen molar-refractivity contribution in [1.82, 2.24) is 10.2 Å².